The predicted molar refractivity (Wildman–Crippen MR) is 163 cm³/mol. The van der Waals surface area contributed by atoms with E-state index in [1.54, 1.807) is 26.0 Å². The van der Waals surface area contributed by atoms with Crippen molar-refractivity contribution in [1.82, 2.24) is 15.1 Å². The van der Waals surface area contributed by atoms with Crippen molar-refractivity contribution in [3.05, 3.63) is 35.1 Å². The lowest BCUT2D eigenvalue weighted by atomic mass is 9.50. The molecular weight excluding hydrogens is 580 g/mol. The van der Waals surface area contributed by atoms with E-state index < -0.39 is 34.5 Å². The molecule has 5 N–H and O–H groups in total. The standard InChI is InChI=1S/C33H46N4O8/c1-31(2,37(16-13-34)26(40)9-8-25(39)35-14-17-43-3)30(41)44-23-10-11-33(42)24-18-21-6-7-22(38)28-27(21)32(33,29(23)45-28)12-15-36(24)19-20-4-5-20/h6-7,10,20,24,29,38,42H,4-5,8-9,11-19,34H2,1-3H3,(H,35,39)/t24-,29+,32+,33-/m1/s1. The normalized spacial score (nSPS) is 28.1. The van der Waals surface area contributed by atoms with Gasteiger partial charge in [0.05, 0.1) is 17.6 Å². The Morgan fingerprint density at radius 2 is 2.02 bits per heavy atom. The molecule has 2 fully saturated rings. The maximum absolute atomic E-state index is 13.9. The summed E-state index contributed by atoms with van der Waals surface area (Å²) in [4.78, 5) is 43.2. The molecule has 2 aliphatic heterocycles. The summed E-state index contributed by atoms with van der Waals surface area (Å²) in [6, 6.07) is 3.44. The van der Waals surface area contributed by atoms with E-state index in [1.807, 2.05) is 6.07 Å². The van der Waals surface area contributed by atoms with Gasteiger partial charge in [0.1, 0.15) is 11.3 Å². The zero-order valence-electron chi connectivity index (χ0n) is 26.5. The number of hydrogen-bond acceptors (Lipinski definition) is 10. The highest BCUT2D eigenvalue weighted by Crippen LogP contribution is 2.65. The Morgan fingerprint density at radius 3 is 2.73 bits per heavy atom. The first-order valence-electron chi connectivity index (χ1n) is 16.1. The van der Waals surface area contributed by atoms with Crippen molar-refractivity contribution in [1.29, 1.82) is 0 Å². The van der Waals surface area contributed by atoms with Gasteiger partial charge in [0.15, 0.2) is 17.6 Å². The van der Waals surface area contributed by atoms with Gasteiger partial charge in [-0.05, 0) is 69.7 Å². The number of benzene rings is 1. The molecule has 0 aromatic heterocycles. The molecule has 2 bridgehead atoms. The molecule has 1 saturated carbocycles. The lowest BCUT2D eigenvalue weighted by Crippen LogP contribution is -2.75. The van der Waals surface area contributed by atoms with Gasteiger partial charge in [-0.15, -0.1) is 0 Å². The molecule has 2 amide bonds. The molecule has 1 saturated heterocycles. The van der Waals surface area contributed by atoms with Crippen molar-refractivity contribution in [3.63, 3.8) is 0 Å². The molecule has 6 rings (SSSR count). The number of amides is 2. The van der Waals surface area contributed by atoms with E-state index in [2.05, 4.69) is 10.2 Å². The number of aromatic hydroxyl groups is 1. The van der Waals surface area contributed by atoms with Crippen LogP contribution in [0.2, 0.25) is 0 Å². The number of methoxy groups -OCH3 is 1. The van der Waals surface area contributed by atoms with Crippen molar-refractivity contribution < 1.29 is 38.8 Å². The van der Waals surface area contributed by atoms with Gasteiger partial charge in [-0.1, -0.05) is 6.07 Å². The third kappa shape index (κ3) is 5.19. The summed E-state index contributed by atoms with van der Waals surface area (Å²) in [6.45, 7) is 5.82. The summed E-state index contributed by atoms with van der Waals surface area (Å²) in [5.74, 6) is -0.0864. The van der Waals surface area contributed by atoms with Crippen molar-refractivity contribution in [3.8, 4) is 11.5 Å². The molecule has 12 heteroatoms. The minimum absolute atomic E-state index is 0.00397. The molecule has 4 atom stereocenters. The lowest BCUT2D eigenvalue weighted by Gasteiger charge is -2.62. The summed E-state index contributed by atoms with van der Waals surface area (Å²) in [6.07, 6.45) is 4.72. The Labute approximate surface area is 263 Å². The predicted octanol–water partition coefficient (Wildman–Crippen LogP) is 1.10. The minimum atomic E-state index is -1.42. The van der Waals surface area contributed by atoms with Gasteiger partial charge in [0.2, 0.25) is 11.8 Å². The fraction of sp³-hybridized carbons (Fsp3) is 0.667. The van der Waals surface area contributed by atoms with Crippen LogP contribution in [0.15, 0.2) is 24.0 Å². The monoisotopic (exact) mass is 626 g/mol. The van der Waals surface area contributed by atoms with Crippen LogP contribution in [0.4, 0.5) is 0 Å². The van der Waals surface area contributed by atoms with Crippen molar-refractivity contribution >= 4 is 17.8 Å². The van der Waals surface area contributed by atoms with Crippen LogP contribution >= 0.6 is 0 Å². The third-order valence-corrected chi connectivity index (χ3v) is 10.6. The fourth-order valence-electron chi connectivity index (χ4n) is 8.09. The number of rotatable bonds is 13. The largest absolute Gasteiger partial charge is 0.504 e. The number of likely N-dealkylation sites (tertiary alicyclic amines) is 1. The molecule has 2 heterocycles. The zero-order valence-corrected chi connectivity index (χ0v) is 26.5. The van der Waals surface area contributed by atoms with Gasteiger partial charge in [0, 0.05) is 64.2 Å². The molecule has 3 aliphatic carbocycles. The number of nitrogens with zero attached hydrogens (tertiary/aromatic N) is 2. The van der Waals surface area contributed by atoms with Gasteiger partial charge in [0.25, 0.3) is 0 Å². The van der Waals surface area contributed by atoms with Gasteiger partial charge in [-0.25, -0.2) is 4.79 Å². The Bertz CT molecular complexity index is 1390. The van der Waals surface area contributed by atoms with Crippen molar-refractivity contribution in [2.75, 3.05) is 46.4 Å². The average molecular weight is 627 g/mol. The highest BCUT2D eigenvalue weighted by Gasteiger charge is 2.72. The number of carbonyl (C=O) groups is 3. The number of esters is 1. The first-order valence-corrected chi connectivity index (χ1v) is 16.1. The van der Waals surface area contributed by atoms with Gasteiger partial charge in [-0.3, -0.25) is 14.5 Å². The van der Waals surface area contributed by atoms with Crippen LogP contribution in [-0.4, -0.2) is 108 Å². The quantitative estimate of drug-likeness (QED) is 0.184. The van der Waals surface area contributed by atoms with Crippen LogP contribution in [0, 0.1) is 5.92 Å². The van der Waals surface area contributed by atoms with Gasteiger partial charge >= 0.3 is 5.97 Å². The Balaban J connectivity index is 1.24. The second-order valence-corrected chi connectivity index (χ2v) is 13.7. The first kappa shape index (κ1) is 31.8. The molecule has 12 nitrogen and oxygen atoms in total. The van der Waals surface area contributed by atoms with E-state index in [0.29, 0.717) is 37.7 Å². The Kier molecular flexibility index (Phi) is 8.38. The zero-order chi connectivity index (χ0) is 32.1. The lowest BCUT2D eigenvalue weighted by molar-refractivity contribution is -0.177. The summed E-state index contributed by atoms with van der Waals surface area (Å²) >= 11 is 0. The second kappa shape index (κ2) is 11.9. The molecule has 0 radical (unpaired) electrons. The number of nitrogens with one attached hydrogen (secondary N) is 1. The van der Waals surface area contributed by atoms with Crippen molar-refractivity contribution in [2.24, 2.45) is 11.7 Å². The molecule has 45 heavy (non-hydrogen) atoms. The van der Waals surface area contributed by atoms with Crippen LogP contribution in [-0.2, 0) is 35.7 Å². The number of phenols is 1. The van der Waals surface area contributed by atoms with Crippen molar-refractivity contribution in [2.45, 2.75) is 87.5 Å². The minimum Gasteiger partial charge on any atom is -0.504 e. The molecular formula is C33H46N4O8. The number of aliphatic hydroxyl groups is 1. The maximum Gasteiger partial charge on any atom is 0.336 e. The molecule has 1 spiro atoms. The summed E-state index contributed by atoms with van der Waals surface area (Å²) in [5, 5.41) is 26.2. The number of nitrogens with two attached hydrogens (primary N) is 1. The fourth-order valence-corrected chi connectivity index (χ4v) is 8.09. The number of hydrogen-bond donors (Lipinski definition) is 4. The maximum atomic E-state index is 13.9. The van der Waals surface area contributed by atoms with Gasteiger partial charge in [-0.2, -0.15) is 0 Å². The highest BCUT2D eigenvalue weighted by atomic mass is 16.6. The summed E-state index contributed by atoms with van der Waals surface area (Å²) in [5.41, 5.74) is 4.22. The van der Waals surface area contributed by atoms with E-state index in [1.165, 1.54) is 24.9 Å². The number of ether oxygens (including phenoxy) is 3. The van der Waals surface area contributed by atoms with Crippen LogP contribution in [0.5, 0.6) is 11.5 Å². The topological polar surface area (TPSA) is 164 Å². The highest BCUT2D eigenvalue weighted by molar-refractivity contribution is 5.90. The van der Waals surface area contributed by atoms with Crippen LogP contribution in [0.1, 0.15) is 63.5 Å². The van der Waals surface area contributed by atoms with E-state index >= 15 is 0 Å². The van der Waals surface area contributed by atoms with Crippen LogP contribution in [0.25, 0.3) is 0 Å². The van der Waals surface area contributed by atoms with Gasteiger partial charge < -0.3 is 40.4 Å². The summed E-state index contributed by atoms with van der Waals surface area (Å²) in [7, 11) is 1.54. The Morgan fingerprint density at radius 1 is 1.24 bits per heavy atom. The van der Waals surface area contributed by atoms with E-state index in [0.717, 1.165) is 24.2 Å². The molecule has 0 unspecified atom stereocenters. The van der Waals surface area contributed by atoms with E-state index in [-0.39, 0.29) is 55.8 Å². The SMILES string of the molecule is COCCNC(=O)CCC(=O)N(CCN)C(C)(C)C(=O)OC1=CC[C@@]2(O)[C@H]3Cc4ccc(O)c5c4[C@@]2(CCN3CC2CC2)[C@H]1O5. The Hall–Kier alpha value is -3.19. The van der Waals surface area contributed by atoms with E-state index in [4.69, 9.17) is 19.9 Å². The van der Waals surface area contributed by atoms with Crippen LogP contribution < -0.4 is 15.8 Å². The van der Waals surface area contributed by atoms with Crippen LogP contribution in [0.3, 0.4) is 0 Å². The molecule has 246 valence electrons. The number of carbonyl (C=O) groups excluding carboxylic acids is 3. The smallest absolute Gasteiger partial charge is 0.336 e. The number of phenolic OH excluding ortho intramolecular Hbond substituents is 1. The third-order valence-electron chi connectivity index (χ3n) is 10.6. The summed E-state index contributed by atoms with van der Waals surface area (Å²) < 4.78 is 17.5. The average Bonchev–Trinajstić information content (AvgIpc) is 3.75. The molecule has 5 aliphatic rings. The van der Waals surface area contributed by atoms with E-state index in [9.17, 15) is 24.6 Å². The first-order chi connectivity index (χ1) is 21.5. The molecule has 1 aromatic rings. The molecule has 1 aromatic carbocycles. The second-order valence-electron chi connectivity index (χ2n) is 13.7. The number of piperidine rings is 1.